The van der Waals surface area contributed by atoms with Crippen molar-refractivity contribution in [2.75, 3.05) is 20.7 Å². The maximum Gasteiger partial charge on any atom is 0.273 e. The summed E-state index contributed by atoms with van der Waals surface area (Å²) in [6.45, 7) is 0.920. The second-order valence-electron chi connectivity index (χ2n) is 4.78. The second-order valence-corrected chi connectivity index (χ2v) is 6.16. The quantitative estimate of drug-likeness (QED) is 0.842. The predicted octanol–water partition coefficient (Wildman–Crippen LogP) is 3.00. The van der Waals surface area contributed by atoms with Crippen molar-refractivity contribution in [1.82, 2.24) is 9.88 Å². The van der Waals surface area contributed by atoms with E-state index in [1.165, 1.54) is 11.3 Å². The molecule has 1 amide bonds. The summed E-state index contributed by atoms with van der Waals surface area (Å²) in [5.41, 5.74) is 6.79. The van der Waals surface area contributed by atoms with Crippen LogP contribution in [0.15, 0.2) is 23.6 Å². The molecule has 0 saturated heterocycles. The number of thiazole rings is 1. The summed E-state index contributed by atoms with van der Waals surface area (Å²) in [5, 5.41) is 3.24. The maximum atomic E-state index is 12.4. The Kier molecular flexibility index (Phi) is 7.78. The normalized spacial score (nSPS) is 10.1. The van der Waals surface area contributed by atoms with Crippen molar-refractivity contribution >= 4 is 41.3 Å². The van der Waals surface area contributed by atoms with Gasteiger partial charge >= 0.3 is 0 Å². The van der Waals surface area contributed by atoms with Crippen LogP contribution in [0, 0.1) is 0 Å². The lowest BCUT2D eigenvalue weighted by atomic mass is 10.2. The largest absolute Gasteiger partial charge is 0.496 e. The van der Waals surface area contributed by atoms with E-state index >= 15 is 0 Å². The molecule has 0 spiro atoms. The number of benzene rings is 1. The molecule has 0 saturated carbocycles. The molecule has 1 heterocycles. The Labute approximate surface area is 150 Å². The van der Waals surface area contributed by atoms with Crippen molar-refractivity contribution in [3.05, 3.63) is 44.9 Å². The second kappa shape index (κ2) is 9.08. The molecule has 23 heavy (non-hydrogen) atoms. The van der Waals surface area contributed by atoms with Gasteiger partial charge in [0.15, 0.2) is 0 Å². The number of methoxy groups -OCH3 is 1. The highest BCUT2D eigenvalue weighted by Gasteiger charge is 2.17. The van der Waals surface area contributed by atoms with Gasteiger partial charge in [-0.15, -0.1) is 23.7 Å². The van der Waals surface area contributed by atoms with Gasteiger partial charge in [0.2, 0.25) is 0 Å². The first kappa shape index (κ1) is 19.7. The van der Waals surface area contributed by atoms with E-state index in [1.807, 2.05) is 0 Å². The van der Waals surface area contributed by atoms with Crippen molar-refractivity contribution in [2.45, 2.75) is 13.0 Å². The lowest BCUT2D eigenvalue weighted by Crippen LogP contribution is -2.26. The standard InChI is InChI=1S/C15H18ClN3O2S.ClH/c1-19(8-10-7-11(16)3-4-13(10)21-2)15(20)12-9-22-14(18-12)5-6-17;/h3-4,7,9H,5-6,8,17H2,1-2H3;1H. The van der Waals surface area contributed by atoms with Crippen molar-refractivity contribution in [2.24, 2.45) is 5.73 Å². The van der Waals surface area contributed by atoms with Crippen molar-refractivity contribution < 1.29 is 9.53 Å². The molecular weight excluding hydrogens is 357 g/mol. The lowest BCUT2D eigenvalue weighted by Gasteiger charge is -2.18. The van der Waals surface area contributed by atoms with Crippen LogP contribution in [0.25, 0.3) is 0 Å². The molecule has 0 atom stereocenters. The Morgan fingerprint density at radius 3 is 2.87 bits per heavy atom. The Morgan fingerprint density at radius 1 is 1.48 bits per heavy atom. The van der Waals surface area contributed by atoms with Crippen LogP contribution in [-0.2, 0) is 13.0 Å². The molecule has 0 bridgehead atoms. The van der Waals surface area contributed by atoms with E-state index in [9.17, 15) is 4.79 Å². The van der Waals surface area contributed by atoms with Crippen molar-refractivity contribution in [3.8, 4) is 5.75 Å². The zero-order chi connectivity index (χ0) is 16.1. The fourth-order valence-corrected chi connectivity index (χ4v) is 3.02. The molecule has 5 nitrogen and oxygen atoms in total. The average Bonchev–Trinajstić information content (AvgIpc) is 2.95. The number of halogens is 2. The summed E-state index contributed by atoms with van der Waals surface area (Å²) in [5.74, 6) is 0.563. The van der Waals surface area contributed by atoms with E-state index in [2.05, 4.69) is 4.98 Å². The third-order valence-corrected chi connectivity index (χ3v) is 4.27. The summed E-state index contributed by atoms with van der Waals surface area (Å²) in [4.78, 5) is 18.3. The number of ether oxygens (including phenoxy) is 1. The number of rotatable bonds is 6. The molecule has 2 rings (SSSR count). The maximum absolute atomic E-state index is 12.4. The van der Waals surface area contributed by atoms with Crippen LogP contribution in [0.5, 0.6) is 5.75 Å². The molecule has 0 aliphatic rings. The van der Waals surface area contributed by atoms with Gasteiger partial charge in [-0.1, -0.05) is 11.6 Å². The molecule has 8 heteroatoms. The number of carbonyl (C=O) groups is 1. The Balaban J connectivity index is 0.00000264. The minimum absolute atomic E-state index is 0. The van der Waals surface area contributed by atoms with E-state index in [4.69, 9.17) is 22.1 Å². The van der Waals surface area contributed by atoms with Gasteiger partial charge in [-0.25, -0.2) is 4.98 Å². The number of carbonyl (C=O) groups excluding carboxylic acids is 1. The molecule has 1 aromatic heterocycles. The van der Waals surface area contributed by atoms with E-state index in [0.29, 0.717) is 36.0 Å². The van der Waals surface area contributed by atoms with Crippen LogP contribution in [0.2, 0.25) is 5.02 Å². The van der Waals surface area contributed by atoms with Crippen LogP contribution in [0.1, 0.15) is 21.1 Å². The summed E-state index contributed by atoms with van der Waals surface area (Å²) in [6, 6.07) is 5.34. The highest BCUT2D eigenvalue weighted by molar-refractivity contribution is 7.09. The third-order valence-electron chi connectivity index (χ3n) is 3.13. The summed E-state index contributed by atoms with van der Waals surface area (Å²) >= 11 is 7.46. The molecule has 2 aromatic rings. The Morgan fingerprint density at radius 2 is 2.22 bits per heavy atom. The highest BCUT2D eigenvalue weighted by Crippen LogP contribution is 2.24. The molecule has 126 valence electrons. The lowest BCUT2D eigenvalue weighted by molar-refractivity contribution is 0.0779. The summed E-state index contributed by atoms with van der Waals surface area (Å²) in [6.07, 6.45) is 0.684. The Bertz CT molecular complexity index is 664. The number of aromatic nitrogens is 1. The molecule has 0 aliphatic heterocycles. The van der Waals surface area contributed by atoms with E-state index < -0.39 is 0 Å². The molecule has 1 aromatic carbocycles. The Hall–Kier alpha value is -1.34. The fourth-order valence-electron chi connectivity index (χ4n) is 2.04. The van der Waals surface area contributed by atoms with Crippen molar-refractivity contribution in [3.63, 3.8) is 0 Å². The number of nitrogens with zero attached hydrogens (tertiary/aromatic N) is 2. The molecule has 2 N–H and O–H groups in total. The van der Waals surface area contributed by atoms with Gasteiger partial charge in [-0.05, 0) is 24.7 Å². The highest BCUT2D eigenvalue weighted by atomic mass is 35.5. The minimum atomic E-state index is -0.137. The molecule has 0 radical (unpaired) electrons. The number of amides is 1. The topological polar surface area (TPSA) is 68.5 Å². The van der Waals surface area contributed by atoms with Crippen LogP contribution in [-0.4, -0.2) is 36.5 Å². The zero-order valence-electron chi connectivity index (χ0n) is 12.9. The van der Waals surface area contributed by atoms with Crippen LogP contribution >= 0.6 is 35.3 Å². The van der Waals surface area contributed by atoms with Gasteiger partial charge in [0.05, 0.1) is 12.1 Å². The van der Waals surface area contributed by atoms with Gasteiger partial charge in [-0.3, -0.25) is 4.79 Å². The number of hydrogen-bond donors (Lipinski definition) is 1. The third kappa shape index (κ3) is 5.07. The molecular formula is C15H19Cl2N3O2S. The monoisotopic (exact) mass is 375 g/mol. The van der Waals surface area contributed by atoms with E-state index in [1.54, 1.807) is 42.6 Å². The summed E-state index contributed by atoms with van der Waals surface area (Å²) < 4.78 is 5.30. The van der Waals surface area contributed by atoms with Gasteiger partial charge in [0, 0.05) is 36.0 Å². The molecule has 0 fully saturated rings. The molecule has 0 unspecified atom stereocenters. The fraction of sp³-hybridized carbons (Fsp3) is 0.333. The molecule has 0 aliphatic carbocycles. The number of nitrogens with two attached hydrogens (primary N) is 1. The first-order valence-electron chi connectivity index (χ1n) is 6.77. The van der Waals surface area contributed by atoms with Crippen LogP contribution in [0.3, 0.4) is 0 Å². The SMILES string of the molecule is COc1ccc(Cl)cc1CN(C)C(=O)c1csc(CCN)n1.Cl. The zero-order valence-corrected chi connectivity index (χ0v) is 15.3. The summed E-state index contributed by atoms with van der Waals surface area (Å²) in [7, 11) is 3.32. The van der Waals surface area contributed by atoms with Gasteiger partial charge in [0.1, 0.15) is 11.4 Å². The van der Waals surface area contributed by atoms with Crippen LogP contribution < -0.4 is 10.5 Å². The predicted molar refractivity (Wildman–Crippen MR) is 95.9 cm³/mol. The minimum Gasteiger partial charge on any atom is -0.496 e. The van der Waals surface area contributed by atoms with E-state index in [-0.39, 0.29) is 18.3 Å². The van der Waals surface area contributed by atoms with Crippen molar-refractivity contribution in [1.29, 1.82) is 0 Å². The first-order chi connectivity index (χ1) is 10.5. The average molecular weight is 376 g/mol. The van der Waals surface area contributed by atoms with E-state index in [0.717, 1.165) is 10.6 Å². The smallest absolute Gasteiger partial charge is 0.273 e. The van der Waals surface area contributed by atoms with Crippen LogP contribution in [0.4, 0.5) is 0 Å². The first-order valence-corrected chi connectivity index (χ1v) is 8.03. The van der Waals surface area contributed by atoms with Gasteiger partial charge in [-0.2, -0.15) is 0 Å². The number of hydrogen-bond acceptors (Lipinski definition) is 5. The van der Waals surface area contributed by atoms with Gasteiger partial charge < -0.3 is 15.4 Å². The van der Waals surface area contributed by atoms with Gasteiger partial charge in [0.25, 0.3) is 5.91 Å².